The Bertz CT molecular complexity index is 1020. The van der Waals surface area contributed by atoms with E-state index in [2.05, 4.69) is 39.1 Å². The number of benzene rings is 2. The summed E-state index contributed by atoms with van der Waals surface area (Å²) < 4.78 is 2.12. The van der Waals surface area contributed by atoms with Crippen LogP contribution in [0.3, 0.4) is 0 Å². The molecule has 1 amide bonds. The van der Waals surface area contributed by atoms with Gasteiger partial charge in [0.25, 0.3) is 0 Å². The molecule has 0 aliphatic heterocycles. The summed E-state index contributed by atoms with van der Waals surface area (Å²) in [7, 11) is 0. The summed E-state index contributed by atoms with van der Waals surface area (Å²) in [6.07, 6.45) is 1.06. The molecule has 156 valence electrons. The van der Waals surface area contributed by atoms with Crippen molar-refractivity contribution in [3.05, 3.63) is 75.5 Å². The Morgan fingerprint density at radius 1 is 1.07 bits per heavy atom. The third kappa shape index (κ3) is 4.99. The minimum absolute atomic E-state index is 0.0346. The molecular formula is C22H22Cl2N4OS. The Balaban J connectivity index is 1.33. The fourth-order valence-corrected chi connectivity index (χ4v) is 4.61. The molecule has 1 saturated carbocycles. The lowest BCUT2D eigenvalue weighted by molar-refractivity contribution is -0.118. The Morgan fingerprint density at radius 2 is 1.73 bits per heavy atom. The average molecular weight is 461 g/mol. The van der Waals surface area contributed by atoms with E-state index < -0.39 is 0 Å². The third-order valence-corrected chi connectivity index (χ3v) is 6.69. The van der Waals surface area contributed by atoms with Gasteiger partial charge < -0.3 is 9.88 Å². The molecule has 1 N–H and O–H groups in total. The average Bonchev–Trinajstić information content (AvgIpc) is 3.44. The second-order valence-corrected chi connectivity index (χ2v) is 9.09. The molecule has 3 aromatic rings. The molecule has 1 heterocycles. The molecule has 8 heteroatoms. The summed E-state index contributed by atoms with van der Waals surface area (Å²) in [4.78, 5) is 12.2. The maximum Gasteiger partial charge on any atom is 0.230 e. The second kappa shape index (κ2) is 9.41. The van der Waals surface area contributed by atoms with Crippen LogP contribution in [0.2, 0.25) is 10.0 Å². The van der Waals surface area contributed by atoms with Gasteiger partial charge in [-0.25, -0.2) is 0 Å². The summed E-state index contributed by atoms with van der Waals surface area (Å²) in [5.41, 5.74) is 2.30. The van der Waals surface area contributed by atoms with Crippen LogP contribution in [-0.4, -0.2) is 26.4 Å². The van der Waals surface area contributed by atoms with Crippen molar-refractivity contribution in [3.63, 3.8) is 0 Å². The van der Waals surface area contributed by atoms with Crippen molar-refractivity contribution >= 4 is 40.9 Å². The van der Waals surface area contributed by atoms with Crippen LogP contribution >= 0.6 is 35.0 Å². The molecule has 0 saturated heterocycles. The van der Waals surface area contributed by atoms with Gasteiger partial charge in [-0.3, -0.25) is 4.79 Å². The van der Waals surface area contributed by atoms with Gasteiger partial charge in [0.1, 0.15) is 5.82 Å². The first kappa shape index (κ1) is 21.2. The molecule has 2 atom stereocenters. The second-order valence-electron chi connectivity index (χ2n) is 7.28. The van der Waals surface area contributed by atoms with Crippen LogP contribution in [0.4, 0.5) is 0 Å². The zero-order valence-corrected chi connectivity index (χ0v) is 18.8. The molecule has 0 bridgehead atoms. The van der Waals surface area contributed by atoms with Crippen LogP contribution in [0.1, 0.15) is 42.1 Å². The van der Waals surface area contributed by atoms with E-state index in [1.807, 2.05) is 36.4 Å². The minimum atomic E-state index is -0.0346. The van der Waals surface area contributed by atoms with Gasteiger partial charge in [0.05, 0.1) is 5.75 Å². The van der Waals surface area contributed by atoms with Crippen molar-refractivity contribution in [1.29, 1.82) is 0 Å². The first-order valence-corrected chi connectivity index (χ1v) is 11.6. The van der Waals surface area contributed by atoms with Crippen molar-refractivity contribution in [2.75, 3.05) is 5.75 Å². The van der Waals surface area contributed by atoms with Crippen molar-refractivity contribution in [2.45, 2.75) is 43.4 Å². The van der Waals surface area contributed by atoms with Crippen molar-refractivity contribution in [1.82, 2.24) is 20.1 Å². The van der Waals surface area contributed by atoms with Crippen LogP contribution in [0.15, 0.2) is 53.7 Å². The van der Waals surface area contributed by atoms with Crippen molar-refractivity contribution < 1.29 is 4.79 Å². The Labute approximate surface area is 190 Å². The van der Waals surface area contributed by atoms with Gasteiger partial charge in [0.2, 0.25) is 5.91 Å². The predicted molar refractivity (Wildman–Crippen MR) is 121 cm³/mol. The fourth-order valence-electron chi connectivity index (χ4n) is 3.52. The SMILES string of the molecule is CCn1c(SCC(=O)NCc2ccc(Cl)cc2)nnc1[C@H]1C[C@@H]1c1ccc(Cl)cc1. The van der Waals surface area contributed by atoms with E-state index in [1.165, 1.54) is 17.3 Å². The molecule has 1 fully saturated rings. The zero-order chi connectivity index (χ0) is 21.1. The highest BCUT2D eigenvalue weighted by Crippen LogP contribution is 2.54. The lowest BCUT2D eigenvalue weighted by atomic mass is 10.1. The molecule has 4 rings (SSSR count). The Morgan fingerprint density at radius 3 is 2.40 bits per heavy atom. The Kier molecular flexibility index (Phi) is 6.66. The number of carbonyl (C=O) groups excluding carboxylic acids is 1. The van der Waals surface area contributed by atoms with Gasteiger partial charge in [-0.15, -0.1) is 10.2 Å². The maximum absolute atomic E-state index is 12.2. The van der Waals surface area contributed by atoms with E-state index in [9.17, 15) is 4.79 Å². The number of aromatic nitrogens is 3. The van der Waals surface area contributed by atoms with Gasteiger partial charge in [0.15, 0.2) is 5.16 Å². The quantitative estimate of drug-likeness (QED) is 0.464. The monoisotopic (exact) mass is 460 g/mol. The van der Waals surface area contributed by atoms with Gasteiger partial charge >= 0.3 is 0 Å². The Hall–Kier alpha value is -2.02. The summed E-state index contributed by atoms with van der Waals surface area (Å²) in [5, 5.41) is 13.9. The van der Waals surface area contributed by atoms with Crippen LogP contribution < -0.4 is 5.32 Å². The highest BCUT2D eigenvalue weighted by molar-refractivity contribution is 7.99. The molecule has 0 spiro atoms. The largest absolute Gasteiger partial charge is 0.351 e. The number of amides is 1. The van der Waals surface area contributed by atoms with Crippen LogP contribution in [-0.2, 0) is 17.9 Å². The highest BCUT2D eigenvalue weighted by Gasteiger charge is 2.43. The first-order chi connectivity index (χ1) is 14.5. The topological polar surface area (TPSA) is 59.8 Å². The summed E-state index contributed by atoms with van der Waals surface area (Å²) >= 11 is 13.3. The predicted octanol–water partition coefficient (Wildman–Crippen LogP) is 5.28. The van der Waals surface area contributed by atoms with E-state index >= 15 is 0 Å². The molecule has 1 aliphatic carbocycles. The van der Waals surface area contributed by atoms with E-state index in [4.69, 9.17) is 23.2 Å². The molecule has 30 heavy (non-hydrogen) atoms. The van der Waals surface area contributed by atoms with E-state index in [-0.39, 0.29) is 5.91 Å². The third-order valence-electron chi connectivity index (χ3n) is 5.22. The lowest BCUT2D eigenvalue weighted by Crippen LogP contribution is -2.24. The fraction of sp³-hybridized carbons (Fsp3) is 0.318. The number of halogens is 2. The van der Waals surface area contributed by atoms with Gasteiger partial charge in [-0.05, 0) is 54.7 Å². The number of nitrogens with zero attached hydrogens (tertiary/aromatic N) is 3. The summed E-state index contributed by atoms with van der Waals surface area (Å²) in [6.45, 7) is 3.34. The number of rotatable bonds is 8. The normalized spacial score (nSPS) is 17.7. The zero-order valence-electron chi connectivity index (χ0n) is 16.5. The van der Waals surface area contributed by atoms with Gasteiger partial charge in [0, 0.05) is 29.1 Å². The number of thioether (sulfide) groups is 1. The van der Waals surface area contributed by atoms with E-state index in [0.29, 0.717) is 29.2 Å². The van der Waals surface area contributed by atoms with Crippen LogP contribution in [0, 0.1) is 0 Å². The molecule has 0 radical (unpaired) electrons. The summed E-state index contributed by atoms with van der Waals surface area (Å²) in [6, 6.07) is 15.5. The lowest BCUT2D eigenvalue weighted by Gasteiger charge is -2.08. The van der Waals surface area contributed by atoms with Gasteiger partial charge in [-0.1, -0.05) is 59.2 Å². The molecule has 0 unspecified atom stereocenters. The molecule has 1 aliphatic rings. The van der Waals surface area contributed by atoms with Crippen molar-refractivity contribution in [2.24, 2.45) is 0 Å². The first-order valence-electron chi connectivity index (χ1n) is 9.87. The molecule has 1 aromatic heterocycles. The smallest absolute Gasteiger partial charge is 0.230 e. The van der Waals surface area contributed by atoms with Crippen LogP contribution in [0.25, 0.3) is 0 Å². The van der Waals surface area contributed by atoms with Crippen molar-refractivity contribution in [3.8, 4) is 0 Å². The maximum atomic E-state index is 12.2. The number of hydrogen-bond donors (Lipinski definition) is 1. The number of nitrogens with one attached hydrogen (secondary N) is 1. The van der Waals surface area contributed by atoms with E-state index in [1.54, 1.807) is 0 Å². The standard InChI is InChI=1S/C22H22Cl2N4OS/c1-2-28-21(19-11-18(19)15-5-9-17(24)10-6-15)26-27-22(28)30-13-20(29)25-12-14-3-7-16(23)8-4-14/h3-10,18-19H,2,11-13H2,1H3,(H,25,29)/t18-,19+/m1/s1. The number of carbonyl (C=O) groups is 1. The van der Waals surface area contributed by atoms with Gasteiger partial charge in [-0.2, -0.15) is 0 Å². The van der Waals surface area contributed by atoms with E-state index in [0.717, 1.165) is 34.5 Å². The minimum Gasteiger partial charge on any atom is -0.351 e. The summed E-state index contributed by atoms with van der Waals surface area (Å²) in [5.74, 6) is 2.09. The number of hydrogen-bond acceptors (Lipinski definition) is 4. The molecular weight excluding hydrogens is 439 g/mol. The molecule has 5 nitrogen and oxygen atoms in total. The van der Waals surface area contributed by atoms with Crippen LogP contribution in [0.5, 0.6) is 0 Å². The highest BCUT2D eigenvalue weighted by atomic mass is 35.5. The molecule has 2 aromatic carbocycles.